The van der Waals surface area contributed by atoms with Crippen molar-refractivity contribution in [3.63, 3.8) is 0 Å². The molecule has 8 nitrogen and oxygen atoms in total. The van der Waals surface area contributed by atoms with Crippen LogP contribution >= 0.6 is 0 Å². The summed E-state index contributed by atoms with van der Waals surface area (Å²) in [7, 11) is 1.72. The lowest BCUT2D eigenvalue weighted by molar-refractivity contribution is -0.138. The first-order valence-electron chi connectivity index (χ1n) is 9.41. The fourth-order valence-corrected chi connectivity index (χ4v) is 3.13. The van der Waals surface area contributed by atoms with Gasteiger partial charge in [-0.3, -0.25) is 9.69 Å². The number of carbonyl (C=O) groups excluding carboxylic acids is 1. The van der Waals surface area contributed by atoms with Crippen molar-refractivity contribution in [3.05, 3.63) is 54.6 Å². The number of anilines is 1. The van der Waals surface area contributed by atoms with Crippen LogP contribution in [0.2, 0.25) is 0 Å². The van der Waals surface area contributed by atoms with Gasteiger partial charge in [0.15, 0.2) is 5.75 Å². The maximum absolute atomic E-state index is 12.8. The summed E-state index contributed by atoms with van der Waals surface area (Å²) in [5, 5.41) is 11.8. The molecule has 0 aromatic heterocycles. The second kappa shape index (κ2) is 9.90. The Labute approximate surface area is 169 Å². The molecule has 8 heteroatoms. The Morgan fingerprint density at radius 1 is 1.21 bits per heavy atom. The molecule has 0 saturated carbocycles. The maximum Gasteiger partial charge on any atom is 0.322 e. The third-order valence-electron chi connectivity index (χ3n) is 4.45. The first-order valence-corrected chi connectivity index (χ1v) is 9.41. The van der Waals surface area contributed by atoms with Gasteiger partial charge >= 0.3 is 12.0 Å². The van der Waals surface area contributed by atoms with Crippen molar-refractivity contribution in [2.24, 2.45) is 0 Å². The number of para-hydroxylation sites is 3. The van der Waals surface area contributed by atoms with Crippen molar-refractivity contribution in [3.8, 4) is 11.5 Å². The van der Waals surface area contributed by atoms with E-state index >= 15 is 0 Å². The molecule has 1 atom stereocenters. The van der Waals surface area contributed by atoms with Crippen molar-refractivity contribution in [1.29, 1.82) is 0 Å². The highest BCUT2D eigenvalue weighted by Gasteiger charge is 2.26. The minimum absolute atomic E-state index is 0.0732. The largest absolute Gasteiger partial charge is 0.480 e. The average Bonchev–Trinajstić information content (AvgIpc) is 2.70. The van der Waals surface area contributed by atoms with E-state index in [1.165, 1.54) is 0 Å². The zero-order chi connectivity index (χ0) is 20.6. The molecular weight excluding hydrogens is 374 g/mol. The van der Waals surface area contributed by atoms with Crippen LogP contribution in [-0.4, -0.2) is 72.8 Å². The van der Waals surface area contributed by atoms with Crippen LogP contribution in [0.1, 0.15) is 0 Å². The zero-order valence-corrected chi connectivity index (χ0v) is 16.3. The van der Waals surface area contributed by atoms with E-state index < -0.39 is 5.97 Å². The number of hydrogen-bond acceptors (Lipinski definition) is 5. The molecule has 2 aromatic rings. The summed E-state index contributed by atoms with van der Waals surface area (Å²) in [5.74, 6) is 0.341. The molecule has 0 spiro atoms. The van der Waals surface area contributed by atoms with E-state index in [0.717, 1.165) is 0 Å². The first-order chi connectivity index (χ1) is 14.0. The highest BCUT2D eigenvalue weighted by atomic mass is 16.5. The third kappa shape index (κ3) is 6.20. The van der Waals surface area contributed by atoms with Gasteiger partial charge in [-0.2, -0.15) is 0 Å². The van der Waals surface area contributed by atoms with Crippen LogP contribution in [0.25, 0.3) is 0 Å². The van der Waals surface area contributed by atoms with Crippen molar-refractivity contribution < 1.29 is 24.2 Å². The molecule has 1 heterocycles. The highest BCUT2D eigenvalue weighted by molar-refractivity contribution is 5.91. The molecule has 154 valence electrons. The molecule has 1 aliphatic heterocycles. The van der Waals surface area contributed by atoms with Crippen molar-refractivity contribution in [2.75, 3.05) is 45.2 Å². The van der Waals surface area contributed by atoms with E-state index in [2.05, 4.69) is 5.32 Å². The summed E-state index contributed by atoms with van der Waals surface area (Å²) in [5.41, 5.74) is 0.576. The smallest absolute Gasteiger partial charge is 0.322 e. The number of nitrogens with one attached hydrogen (secondary N) is 1. The monoisotopic (exact) mass is 399 g/mol. The first kappa shape index (κ1) is 20.6. The van der Waals surface area contributed by atoms with Crippen LogP contribution in [-0.2, 0) is 9.53 Å². The normalized spacial score (nSPS) is 16.5. The molecule has 29 heavy (non-hydrogen) atoms. The molecule has 1 unspecified atom stereocenters. The molecule has 1 saturated heterocycles. The van der Waals surface area contributed by atoms with Crippen LogP contribution in [0, 0.1) is 0 Å². The Morgan fingerprint density at radius 2 is 1.93 bits per heavy atom. The van der Waals surface area contributed by atoms with E-state index in [9.17, 15) is 9.59 Å². The third-order valence-corrected chi connectivity index (χ3v) is 4.45. The predicted octanol–water partition coefficient (Wildman–Crippen LogP) is 2.73. The number of carboxylic acids is 1. The van der Waals surface area contributed by atoms with Crippen LogP contribution in [0.5, 0.6) is 11.5 Å². The topological polar surface area (TPSA) is 91.3 Å². The number of ether oxygens (including phenoxy) is 2. The highest BCUT2D eigenvalue weighted by Crippen LogP contribution is 2.29. The number of likely N-dealkylation sites (N-methyl/N-ethyl adjacent to an activating group) is 1. The zero-order valence-electron chi connectivity index (χ0n) is 16.3. The molecule has 0 bridgehead atoms. The number of urea groups is 1. The number of hydrogen-bond donors (Lipinski definition) is 2. The number of aliphatic carboxylic acids is 1. The van der Waals surface area contributed by atoms with Crippen molar-refractivity contribution in [2.45, 2.75) is 6.10 Å². The molecular formula is C21H25N3O5. The van der Waals surface area contributed by atoms with Crippen LogP contribution < -0.4 is 10.1 Å². The second-order valence-corrected chi connectivity index (χ2v) is 6.87. The van der Waals surface area contributed by atoms with Gasteiger partial charge in [0.05, 0.1) is 24.9 Å². The number of nitrogens with zero attached hydrogens (tertiary/aromatic N) is 2. The van der Waals surface area contributed by atoms with Crippen molar-refractivity contribution >= 4 is 17.7 Å². The molecule has 0 radical (unpaired) electrons. The number of carbonyl (C=O) groups is 2. The lowest BCUT2D eigenvalue weighted by Crippen LogP contribution is -2.50. The Hall–Kier alpha value is -3.10. The lowest BCUT2D eigenvalue weighted by atomic mass is 10.2. The predicted molar refractivity (Wildman–Crippen MR) is 108 cm³/mol. The van der Waals surface area contributed by atoms with Gasteiger partial charge in [0.2, 0.25) is 0 Å². The molecule has 2 aromatic carbocycles. The van der Waals surface area contributed by atoms with Crippen LogP contribution in [0.3, 0.4) is 0 Å². The minimum Gasteiger partial charge on any atom is -0.480 e. The average molecular weight is 399 g/mol. The molecule has 1 fully saturated rings. The number of amides is 2. The fraction of sp³-hybridized carbons (Fsp3) is 0.333. The Kier molecular flexibility index (Phi) is 7.04. The van der Waals surface area contributed by atoms with Crippen LogP contribution in [0.15, 0.2) is 54.6 Å². The summed E-state index contributed by atoms with van der Waals surface area (Å²) >= 11 is 0. The summed E-state index contributed by atoms with van der Waals surface area (Å²) in [6.07, 6.45) is -0.241. The van der Waals surface area contributed by atoms with Gasteiger partial charge in [0.25, 0.3) is 0 Å². The molecule has 1 aliphatic rings. The number of rotatable bonds is 7. The molecule has 2 N–H and O–H groups in total. The van der Waals surface area contributed by atoms with Gasteiger partial charge in [-0.15, -0.1) is 0 Å². The summed E-state index contributed by atoms with van der Waals surface area (Å²) in [6, 6.07) is 16.4. The number of carboxylic acid groups (broad SMARTS) is 1. The standard InChI is InChI=1S/C21H25N3O5/c1-23(15-20(25)26)13-17-14-24(11-12-28-17)21(27)22-18-9-5-6-10-19(18)29-16-7-3-2-4-8-16/h2-10,17H,11-15H2,1H3,(H,22,27)(H,25,26). The Morgan fingerprint density at radius 3 is 2.69 bits per heavy atom. The molecule has 2 amide bonds. The van der Waals surface area contributed by atoms with Gasteiger partial charge in [0, 0.05) is 19.6 Å². The minimum atomic E-state index is -0.895. The van der Waals surface area contributed by atoms with E-state index in [1.807, 2.05) is 42.5 Å². The fourth-order valence-electron chi connectivity index (χ4n) is 3.13. The van der Waals surface area contributed by atoms with Gasteiger partial charge in [-0.05, 0) is 31.3 Å². The van der Waals surface area contributed by atoms with Gasteiger partial charge in [-0.25, -0.2) is 4.79 Å². The lowest BCUT2D eigenvalue weighted by Gasteiger charge is -2.34. The van der Waals surface area contributed by atoms with E-state index in [1.54, 1.807) is 29.0 Å². The number of benzene rings is 2. The van der Waals surface area contributed by atoms with Crippen molar-refractivity contribution in [1.82, 2.24) is 9.80 Å². The molecule has 3 rings (SSSR count). The van der Waals surface area contributed by atoms with Gasteiger partial charge < -0.3 is 24.8 Å². The SMILES string of the molecule is CN(CC(=O)O)CC1CN(C(=O)Nc2ccccc2Oc2ccccc2)CCO1. The van der Waals surface area contributed by atoms with E-state index in [0.29, 0.717) is 43.4 Å². The Balaban J connectivity index is 1.60. The van der Waals surface area contributed by atoms with Gasteiger partial charge in [-0.1, -0.05) is 30.3 Å². The van der Waals surface area contributed by atoms with Gasteiger partial charge in [0.1, 0.15) is 5.75 Å². The number of morpholine rings is 1. The summed E-state index contributed by atoms with van der Waals surface area (Å²) in [6.45, 7) is 1.62. The second-order valence-electron chi connectivity index (χ2n) is 6.87. The quantitative estimate of drug-likeness (QED) is 0.744. The van der Waals surface area contributed by atoms with E-state index in [4.69, 9.17) is 14.6 Å². The van der Waals surface area contributed by atoms with Crippen LogP contribution in [0.4, 0.5) is 10.5 Å². The van der Waals surface area contributed by atoms with E-state index in [-0.39, 0.29) is 18.7 Å². The molecule has 0 aliphatic carbocycles. The maximum atomic E-state index is 12.8. The Bertz CT molecular complexity index is 830. The summed E-state index contributed by atoms with van der Waals surface area (Å²) in [4.78, 5) is 26.9. The summed E-state index contributed by atoms with van der Waals surface area (Å²) < 4.78 is 11.6.